The molecule has 0 spiro atoms. The summed E-state index contributed by atoms with van der Waals surface area (Å²) in [6, 6.07) is 4.76. The fraction of sp³-hybridized carbons (Fsp3) is 0.375. The summed E-state index contributed by atoms with van der Waals surface area (Å²) in [4.78, 5) is 30.7. The predicted octanol–water partition coefficient (Wildman–Crippen LogP) is 2.39. The monoisotopic (exact) mass is 353 g/mol. The van der Waals surface area contributed by atoms with Crippen LogP contribution in [0.15, 0.2) is 29.5 Å². The third-order valence-electron chi connectivity index (χ3n) is 4.27. The second kappa shape index (κ2) is 6.15. The summed E-state index contributed by atoms with van der Waals surface area (Å²) in [5, 5.41) is 0.703. The molecule has 0 unspecified atom stereocenters. The van der Waals surface area contributed by atoms with Crippen molar-refractivity contribution in [2.24, 2.45) is 0 Å². The molecule has 2 amide bonds. The number of benzene rings is 1. The average Bonchev–Trinajstić information content (AvgIpc) is 2.74. The van der Waals surface area contributed by atoms with Gasteiger partial charge in [-0.05, 0) is 32.2 Å². The highest BCUT2D eigenvalue weighted by Crippen LogP contribution is 2.33. The predicted molar refractivity (Wildman–Crippen MR) is 90.7 cm³/mol. The van der Waals surface area contributed by atoms with Crippen LogP contribution in [-0.2, 0) is 9.59 Å². The minimum atomic E-state index is -0.303. The van der Waals surface area contributed by atoms with E-state index in [1.54, 1.807) is 25.1 Å². The van der Waals surface area contributed by atoms with Gasteiger partial charge in [0.15, 0.2) is 0 Å². The van der Waals surface area contributed by atoms with Crippen LogP contribution in [0.25, 0.3) is 0 Å². The summed E-state index contributed by atoms with van der Waals surface area (Å²) in [5.41, 5.74) is 1.41. The van der Waals surface area contributed by atoms with E-state index in [0.29, 0.717) is 27.0 Å². The van der Waals surface area contributed by atoms with Crippen LogP contribution in [0.2, 0.25) is 10.0 Å². The van der Waals surface area contributed by atoms with E-state index in [4.69, 9.17) is 23.2 Å². The zero-order valence-corrected chi connectivity index (χ0v) is 14.5. The van der Waals surface area contributed by atoms with Crippen molar-refractivity contribution < 1.29 is 9.59 Å². The SMILES string of the molecule is CC1=C(N2CCN(C)CC2)C(=O)N(c2ccc(Cl)c(Cl)c2)C1=O. The number of halogens is 2. The number of carbonyl (C=O) groups excluding carboxylic acids is 2. The van der Waals surface area contributed by atoms with Gasteiger partial charge in [-0.3, -0.25) is 9.59 Å². The van der Waals surface area contributed by atoms with E-state index in [-0.39, 0.29) is 11.8 Å². The third kappa shape index (κ3) is 2.84. The Hall–Kier alpha value is -1.56. The van der Waals surface area contributed by atoms with Crippen molar-refractivity contribution in [2.75, 3.05) is 38.1 Å². The van der Waals surface area contributed by atoms with Crippen LogP contribution in [0.4, 0.5) is 5.69 Å². The number of hydrogen-bond donors (Lipinski definition) is 0. The highest BCUT2D eigenvalue weighted by Gasteiger charge is 2.40. The molecule has 0 saturated carbocycles. The quantitative estimate of drug-likeness (QED) is 0.765. The molecule has 0 radical (unpaired) electrons. The summed E-state index contributed by atoms with van der Waals surface area (Å²) in [6.07, 6.45) is 0. The van der Waals surface area contributed by atoms with E-state index in [1.165, 1.54) is 4.90 Å². The summed E-state index contributed by atoms with van der Waals surface area (Å²) < 4.78 is 0. The smallest absolute Gasteiger partial charge is 0.282 e. The highest BCUT2D eigenvalue weighted by molar-refractivity contribution is 6.42. The Morgan fingerprint density at radius 1 is 0.957 bits per heavy atom. The summed E-state index contributed by atoms with van der Waals surface area (Å²) in [7, 11) is 2.04. The molecule has 2 aliphatic rings. The van der Waals surface area contributed by atoms with Gasteiger partial charge in [0.2, 0.25) is 0 Å². The van der Waals surface area contributed by atoms with E-state index in [0.717, 1.165) is 26.2 Å². The van der Waals surface area contributed by atoms with Crippen LogP contribution in [-0.4, -0.2) is 54.8 Å². The normalized spacial score (nSPS) is 20.0. The first-order valence-corrected chi connectivity index (χ1v) is 8.14. The molecule has 2 heterocycles. The molecule has 2 aliphatic heterocycles. The fourth-order valence-corrected chi connectivity index (χ4v) is 3.18. The number of imide groups is 1. The summed E-state index contributed by atoms with van der Waals surface area (Å²) in [5.74, 6) is -0.599. The first kappa shape index (κ1) is 16.3. The lowest BCUT2D eigenvalue weighted by molar-refractivity contribution is -0.121. The van der Waals surface area contributed by atoms with E-state index in [9.17, 15) is 9.59 Å². The molecule has 7 heteroatoms. The standard InChI is InChI=1S/C16H17Cl2N3O2/c1-10-14(20-7-5-19(2)6-8-20)16(23)21(15(10)22)11-3-4-12(17)13(18)9-11/h3-4,9H,5-8H2,1-2H3. The van der Waals surface area contributed by atoms with Crippen molar-refractivity contribution >= 4 is 40.7 Å². The van der Waals surface area contributed by atoms with Gasteiger partial charge in [0.05, 0.1) is 15.7 Å². The number of anilines is 1. The topological polar surface area (TPSA) is 43.9 Å². The average molecular weight is 354 g/mol. The van der Waals surface area contributed by atoms with Gasteiger partial charge in [0, 0.05) is 31.8 Å². The van der Waals surface area contributed by atoms with Crippen LogP contribution < -0.4 is 4.90 Å². The molecule has 1 aromatic carbocycles. The Balaban J connectivity index is 1.91. The van der Waals surface area contributed by atoms with Crippen molar-refractivity contribution in [2.45, 2.75) is 6.92 Å². The van der Waals surface area contributed by atoms with Gasteiger partial charge >= 0.3 is 0 Å². The van der Waals surface area contributed by atoms with Crippen molar-refractivity contribution in [3.8, 4) is 0 Å². The van der Waals surface area contributed by atoms with E-state index >= 15 is 0 Å². The van der Waals surface area contributed by atoms with Gasteiger partial charge in [-0.1, -0.05) is 23.2 Å². The third-order valence-corrected chi connectivity index (χ3v) is 5.00. The number of nitrogens with zero attached hydrogens (tertiary/aromatic N) is 3. The number of piperazine rings is 1. The van der Waals surface area contributed by atoms with Crippen molar-refractivity contribution in [3.05, 3.63) is 39.5 Å². The Morgan fingerprint density at radius 2 is 1.61 bits per heavy atom. The second-order valence-electron chi connectivity index (χ2n) is 5.81. The molecule has 5 nitrogen and oxygen atoms in total. The van der Waals surface area contributed by atoms with Crippen molar-refractivity contribution in [3.63, 3.8) is 0 Å². The minimum Gasteiger partial charge on any atom is -0.364 e. The van der Waals surface area contributed by atoms with Crippen LogP contribution >= 0.6 is 23.2 Å². The molecule has 1 aromatic rings. The molecule has 23 heavy (non-hydrogen) atoms. The molecule has 122 valence electrons. The maximum atomic E-state index is 12.8. The first-order chi connectivity index (χ1) is 10.9. The van der Waals surface area contributed by atoms with Crippen LogP contribution in [0, 0.1) is 0 Å². The Morgan fingerprint density at radius 3 is 2.22 bits per heavy atom. The van der Waals surface area contributed by atoms with E-state index < -0.39 is 0 Å². The first-order valence-electron chi connectivity index (χ1n) is 7.38. The maximum Gasteiger partial charge on any atom is 0.282 e. The van der Waals surface area contributed by atoms with Gasteiger partial charge < -0.3 is 9.80 Å². The lowest BCUT2D eigenvalue weighted by Gasteiger charge is -2.34. The molecule has 1 fully saturated rings. The van der Waals surface area contributed by atoms with Gasteiger partial charge in [0.25, 0.3) is 11.8 Å². The van der Waals surface area contributed by atoms with E-state index in [1.807, 2.05) is 11.9 Å². The lowest BCUT2D eigenvalue weighted by Crippen LogP contribution is -2.46. The van der Waals surface area contributed by atoms with Gasteiger partial charge in [0.1, 0.15) is 5.70 Å². The fourth-order valence-electron chi connectivity index (χ4n) is 2.89. The number of amides is 2. The number of likely N-dealkylation sites (N-methyl/N-ethyl adjacent to an activating group) is 1. The zero-order chi connectivity index (χ0) is 16.7. The Bertz CT molecular complexity index is 709. The van der Waals surface area contributed by atoms with Crippen molar-refractivity contribution in [1.82, 2.24) is 9.80 Å². The summed E-state index contributed by atoms with van der Waals surface area (Å²) >= 11 is 11.9. The van der Waals surface area contributed by atoms with Gasteiger partial charge in [-0.25, -0.2) is 4.90 Å². The molecule has 0 bridgehead atoms. The van der Waals surface area contributed by atoms with Gasteiger partial charge in [-0.15, -0.1) is 0 Å². The van der Waals surface area contributed by atoms with Gasteiger partial charge in [-0.2, -0.15) is 0 Å². The molecule has 0 aliphatic carbocycles. The molecule has 3 rings (SSSR count). The molecular formula is C16H17Cl2N3O2. The molecule has 1 saturated heterocycles. The number of carbonyl (C=O) groups is 2. The van der Waals surface area contributed by atoms with Crippen LogP contribution in [0.3, 0.4) is 0 Å². The summed E-state index contributed by atoms with van der Waals surface area (Å²) in [6.45, 7) is 4.90. The Labute approximate surface area is 145 Å². The molecule has 0 aromatic heterocycles. The van der Waals surface area contributed by atoms with Crippen LogP contribution in [0.1, 0.15) is 6.92 Å². The Kier molecular flexibility index (Phi) is 4.36. The lowest BCUT2D eigenvalue weighted by atomic mass is 10.2. The number of rotatable bonds is 2. The molecule has 0 N–H and O–H groups in total. The zero-order valence-electron chi connectivity index (χ0n) is 13.0. The molecule has 0 atom stereocenters. The van der Waals surface area contributed by atoms with E-state index in [2.05, 4.69) is 4.90 Å². The maximum absolute atomic E-state index is 12.8. The van der Waals surface area contributed by atoms with Crippen LogP contribution in [0.5, 0.6) is 0 Å². The van der Waals surface area contributed by atoms with Crippen molar-refractivity contribution in [1.29, 1.82) is 0 Å². The minimum absolute atomic E-state index is 0.296. The highest BCUT2D eigenvalue weighted by atomic mass is 35.5. The number of hydrogen-bond acceptors (Lipinski definition) is 4. The molecular weight excluding hydrogens is 337 g/mol. The second-order valence-corrected chi connectivity index (χ2v) is 6.62. The largest absolute Gasteiger partial charge is 0.364 e.